The van der Waals surface area contributed by atoms with Gasteiger partial charge in [-0.1, -0.05) is 34.1 Å². The molecular weight excluding hydrogens is 152 g/mol. The van der Waals surface area contributed by atoms with E-state index in [4.69, 9.17) is 0 Å². The average molecular weight is 174 g/mol. The van der Waals surface area contributed by atoms with Crippen LogP contribution in [0.15, 0.2) is 0 Å². The maximum Gasteiger partial charge on any atom is 0.188 e. The Bertz CT molecular complexity index is 126. The van der Waals surface area contributed by atoms with Crippen molar-refractivity contribution in [2.45, 2.75) is 52.2 Å². The fraction of sp³-hybridized carbons (Fsp3) is 1.00. The summed E-state index contributed by atoms with van der Waals surface area (Å²) in [5.74, 6) is 0.583. The smallest absolute Gasteiger partial charge is 0.188 e. The second-order valence-corrected chi connectivity index (χ2v) is 8.75. The highest BCUT2D eigenvalue weighted by atomic mass is 28.4. The number of rotatable bonds is 3. The fourth-order valence-corrected chi connectivity index (χ4v) is 3.83. The van der Waals surface area contributed by atoms with Gasteiger partial charge >= 0.3 is 0 Å². The van der Waals surface area contributed by atoms with Crippen molar-refractivity contribution >= 4 is 8.32 Å². The number of hydrogen-bond donors (Lipinski definition) is 1. The van der Waals surface area contributed by atoms with Gasteiger partial charge in [-0.2, -0.15) is 0 Å². The molecule has 11 heavy (non-hydrogen) atoms. The van der Waals surface area contributed by atoms with Crippen molar-refractivity contribution in [2.24, 2.45) is 5.92 Å². The molecule has 0 heterocycles. The molecule has 1 unspecified atom stereocenters. The van der Waals surface area contributed by atoms with Crippen LogP contribution in [0.4, 0.5) is 0 Å². The van der Waals surface area contributed by atoms with Crippen LogP contribution >= 0.6 is 0 Å². The first kappa shape index (κ1) is 11.2. The Labute approximate surface area is 72.0 Å². The molecule has 1 nitrogen and oxygen atoms in total. The molecule has 0 rings (SSSR count). The van der Waals surface area contributed by atoms with Crippen molar-refractivity contribution in [1.29, 1.82) is 0 Å². The molecule has 1 N–H and O–H groups in total. The van der Waals surface area contributed by atoms with Crippen molar-refractivity contribution in [3.05, 3.63) is 0 Å². The predicted molar refractivity (Wildman–Crippen MR) is 53.2 cm³/mol. The van der Waals surface area contributed by atoms with Crippen molar-refractivity contribution < 1.29 is 4.80 Å². The van der Waals surface area contributed by atoms with Crippen molar-refractivity contribution in [3.63, 3.8) is 0 Å². The highest BCUT2D eigenvalue weighted by Gasteiger charge is 2.42. The Morgan fingerprint density at radius 3 is 1.73 bits per heavy atom. The first-order valence-electron chi connectivity index (χ1n) is 4.48. The Balaban J connectivity index is 4.61. The molecule has 0 amide bonds. The number of hydrogen-bond acceptors (Lipinski definition) is 1. The zero-order valence-corrected chi connectivity index (χ0v) is 9.73. The van der Waals surface area contributed by atoms with Crippen LogP contribution in [0.5, 0.6) is 0 Å². The molecule has 0 fully saturated rings. The SMILES string of the molecule is CCC(C)(C(C)C)[Si](C)(C)O. The van der Waals surface area contributed by atoms with E-state index in [1.807, 2.05) is 13.1 Å². The minimum absolute atomic E-state index is 0.174. The molecule has 0 aromatic rings. The van der Waals surface area contributed by atoms with Crippen molar-refractivity contribution in [2.75, 3.05) is 0 Å². The van der Waals surface area contributed by atoms with E-state index < -0.39 is 8.32 Å². The van der Waals surface area contributed by atoms with Crippen molar-refractivity contribution in [3.8, 4) is 0 Å². The summed E-state index contributed by atoms with van der Waals surface area (Å²) in [5, 5.41) is 0.174. The van der Waals surface area contributed by atoms with E-state index in [0.717, 1.165) is 6.42 Å². The van der Waals surface area contributed by atoms with Crippen LogP contribution in [0.2, 0.25) is 18.1 Å². The van der Waals surface area contributed by atoms with E-state index in [0.29, 0.717) is 5.92 Å². The molecular formula is C9H22OSi. The lowest BCUT2D eigenvalue weighted by Gasteiger charge is -2.41. The molecule has 1 atom stereocenters. The van der Waals surface area contributed by atoms with E-state index in [1.54, 1.807) is 0 Å². The topological polar surface area (TPSA) is 20.2 Å². The lowest BCUT2D eigenvalue weighted by Crippen LogP contribution is -2.43. The molecule has 0 aromatic heterocycles. The van der Waals surface area contributed by atoms with Gasteiger partial charge in [-0.25, -0.2) is 0 Å². The van der Waals surface area contributed by atoms with Crippen molar-refractivity contribution in [1.82, 2.24) is 0 Å². The molecule has 0 aromatic carbocycles. The molecule has 2 heteroatoms. The van der Waals surface area contributed by atoms with Crippen LogP contribution in [-0.2, 0) is 0 Å². The molecule has 0 spiro atoms. The summed E-state index contributed by atoms with van der Waals surface area (Å²) >= 11 is 0. The van der Waals surface area contributed by atoms with Gasteiger partial charge < -0.3 is 4.80 Å². The van der Waals surface area contributed by atoms with Gasteiger partial charge in [0.1, 0.15) is 0 Å². The summed E-state index contributed by atoms with van der Waals surface area (Å²) in [6.45, 7) is 12.9. The van der Waals surface area contributed by atoms with E-state index in [1.165, 1.54) is 0 Å². The van der Waals surface area contributed by atoms with E-state index >= 15 is 0 Å². The van der Waals surface area contributed by atoms with Gasteiger partial charge in [0, 0.05) is 0 Å². The molecule has 0 aliphatic heterocycles. The minimum Gasteiger partial charge on any atom is -0.432 e. The Kier molecular flexibility index (Phi) is 3.33. The minimum atomic E-state index is -1.97. The quantitative estimate of drug-likeness (QED) is 0.652. The summed E-state index contributed by atoms with van der Waals surface area (Å²) in [5.41, 5.74) is 0. The summed E-state index contributed by atoms with van der Waals surface area (Å²) < 4.78 is 0. The standard InChI is InChI=1S/C9H22OSi/c1-7-9(4,8(2)3)11(5,6)10/h8,10H,7H2,1-6H3. The van der Waals surface area contributed by atoms with Gasteiger partial charge in [0.2, 0.25) is 0 Å². The van der Waals surface area contributed by atoms with Crippen LogP contribution < -0.4 is 0 Å². The van der Waals surface area contributed by atoms with Crippen LogP contribution in [0.1, 0.15) is 34.1 Å². The predicted octanol–water partition coefficient (Wildman–Crippen LogP) is 3.01. The Morgan fingerprint density at radius 1 is 1.36 bits per heavy atom. The lowest BCUT2D eigenvalue weighted by molar-refractivity contribution is 0.354. The van der Waals surface area contributed by atoms with E-state index in [2.05, 4.69) is 27.7 Å². The van der Waals surface area contributed by atoms with Crippen LogP contribution in [0, 0.1) is 5.92 Å². The van der Waals surface area contributed by atoms with Gasteiger partial charge in [0.05, 0.1) is 0 Å². The van der Waals surface area contributed by atoms with Gasteiger partial charge in [0.15, 0.2) is 8.32 Å². The van der Waals surface area contributed by atoms with E-state index in [9.17, 15) is 4.80 Å². The Morgan fingerprint density at radius 2 is 1.73 bits per heavy atom. The summed E-state index contributed by atoms with van der Waals surface area (Å²) in [7, 11) is -1.97. The zero-order chi connectivity index (χ0) is 9.28. The largest absolute Gasteiger partial charge is 0.432 e. The van der Waals surface area contributed by atoms with Crippen LogP contribution in [0.3, 0.4) is 0 Å². The fourth-order valence-electron chi connectivity index (χ4n) is 1.55. The second-order valence-electron chi connectivity index (χ2n) is 4.48. The highest BCUT2D eigenvalue weighted by molar-refractivity contribution is 6.73. The molecule has 0 bridgehead atoms. The van der Waals surface area contributed by atoms with Crippen LogP contribution in [-0.4, -0.2) is 13.1 Å². The molecule has 0 aliphatic rings. The third kappa shape index (κ3) is 2.06. The monoisotopic (exact) mass is 174 g/mol. The molecule has 0 saturated heterocycles. The molecule has 0 aliphatic carbocycles. The molecule has 68 valence electrons. The zero-order valence-electron chi connectivity index (χ0n) is 8.73. The maximum absolute atomic E-state index is 10.0. The maximum atomic E-state index is 10.0. The summed E-state index contributed by atoms with van der Waals surface area (Å²) in [6, 6.07) is 0. The summed E-state index contributed by atoms with van der Waals surface area (Å²) in [6.07, 6.45) is 1.08. The normalized spacial score (nSPS) is 18.5. The average Bonchev–Trinajstić information content (AvgIpc) is 1.83. The second kappa shape index (κ2) is 3.28. The van der Waals surface area contributed by atoms with Gasteiger partial charge in [0.25, 0.3) is 0 Å². The third-order valence-corrected chi connectivity index (χ3v) is 7.13. The highest BCUT2D eigenvalue weighted by Crippen LogP contribution is 2.46. The van der Waals surface area contributed by atoms with Gasteiger partial charge in [-0.15, -0.1) is 0 Å². The first-order valence-corrected chi connectivity index (χ1v) is 7.42. The van der Waals surface area contributed by atoms with Gasteiger partial charge in [-0.05, 0) is 24.1 Å². The molecule has 0 radical (unpaired) electrons. The Hall–Kier alpha value is 0.177. The first-order chi connectivity index (χ1) is 4.75. The summed E-state index contributed by atoms with van der Waals surface area (Å²) in [4.78, 5) is 10.0. The molecule has 0 saturated carbocycles. The lowest BCUT2D eigenvalue weighted by atomic mass is 9.94. The van der Waals surface area contributed by atoms with Crippen LogP contribution in [0.25, 0.3) is 0 Å². The van der Waals surface area contributed by atoms with Gasteiger partial charge in [-0.3, -0.25) is 0 Å². The van der Waals surface area contributed by atoms with E-state index in [-0.39, 0.29) is 5.04 Å². The third-order valence-electron chi connectivity index (χ3n) is 3.41.